The Bertz CT molecular complexity index is 1140. The van der Waals surface area contributed by atoms with Crippen molar-refractivity contribution in [2.75, 3.05) is 17.2 Å². The normalized spacial score (nSPS) is 10.8. The highest BCUT2D eigenvalue weighted by atomic mass is 16.1. The Balaban J connectivity index is 1.39. The highest BCUT2D eigenvalue weighted by molar-refractivity contribution is 6.04. The smallest absolute Gasteiger partial charge is 0.257 e. The molecule has 0 aliphatic rings. The number of benzene rings is 2. The first-order chi connectivity index (χ1) is 14.1. The van der Waals surface area contributed by atoms with Crippen LogP contribution >= 0.6 is 0 Å². The predicted octanol–water partition coefficient (Wildman–Crippen LogP) is 5.09. The fraction of sp³-hybridized carbons (Fsp3) is 0.167. The Morgan fingerprint density at radius 3 is 2.62 bits per heavy atom. The minimum Gasteiger partial charge on any atom is -0.383 e. The molecule has 3 N–H and O–H groups in total. The van der Waals surface area contributed by atoms with E-state index in [1.165, 1.54) is 10.9 Å². The van der Waals surface area contributed by atoms with Crippen molar-refractivity contribution in [3.05, 3.63) is 89.4 Å². The SMILES string of the molecule is Cc1cc(C)cc(NC(=O)c2cncc(NCCc3c[nH]c4ccccc34)c2)c1. The molecule has 0 aliphatic heterocycles. The summed E-state index contributed by atoms with van der Waals surface area (Å²) in [4.78, 5) is 20.1. The van der Waals surface area contributed by atoms with E-state index in [0.717, 1.165) is 41.0 Å². The third kappa shape index (κ3) is 4.46. The number of fused-ring (bicyclic) bond motifs is 1. The molecule has 0 saturated carbocycles. The van der Waals surface area contributed by atoms with E-state index in [4.69, 9.17) is 0 Å². The molecule has 2 heterocycles. The lowest BCUT2D eigenvalue weighted by molar-refractivity contribution is 0.102. The van der Waals surface area contributed by atoms with E-state index in [1.807, 2.05) is 38.1 Å². The quantitative estimate of drug-likeness (QED) is 0.434. The Morgan fingerprint density at radius 2 is 1.79 bits per heavy atom. The molecule has 0 spiro atoms. The Morgan fingerprint density at radius 1 is 1.00 bits per heavy atom. The molecule has 0 unspecified atom stereocenters. The minimum atomic E-state index is -0.164. The molecule has 2 aromatic heterocycles. The van der Waals surface area contributed by atoms with E-state index in [-0.39, 0.29) is 5.91 Å². The van der Waals surface area contributed by atoms with Gasteiger partial charge >= 0.3 is 0 Å². The lowest BCUT2D eigenvalue weighted by atomic mass is 10.1. The van der Waals surface area contributed by atoms with Crippen LogP contribution in [0.25, 0.3) is 10.9 Å². The van der Waals surface area contributed by atoms with Crippen molar-refractivity contribution in [3.63, 3.8) is 0 Å². The molecular weight excluding hydrogens is 360 g/mol. The largest absolute Gasteiger partial charge is 0.383 e. The number of nitrogens with zero attached hydrogens (tertiary/aromatic N) is 1. The number of nitrogens with one attached hydrogen (secondary N) is 3. The second-order valence-electron chi connectivity index (χ2n) is 7.33. The number of carbonyl (C=O) groups is 1. The summed E-state index contributed by atoms with van der Waals surface area (Å²) >= 11 is 0. The summed E-state index contributed by atoms with van der Waals surface area (Å²) in [6.45, 7) is 4.79. The third-order valence-corrected chi connectivity index (χ3v) is 4.88. The maximum Gasteiger partial charge on any atom is 0.257 e. The number of hydrogen-bond donors (Lipinski definition) is 3. The third-order valence-electron chi connectivity index (χ3n) is 4.88. The van der Waals surface area contributed by atoms with Crippen LogP contribution in [0.1, 0.15) is 27.0 Å². The number of H-pyrrole nitrogens is 1. The molecule has 4 aromatic rings. The first kappa shape index (κ1) is 18.7. The van der Waals surface area contributed by atoms with Crippen LogP contribution in [0, 0.1) is 13.8 Å². The van der Waals surface area contributed by atoms with E-state index in [9.17, 15) is 4.79 Å². The van der Waals surface area contributed by atoms with E-state index in [2.05, 4.69) is 51.1 Å². The number of pyridine rings is 1. The van der Waals surface area contributed by atoms with Gasteiger partial charge in [-0.3, -0.25) is 9.78 Å². The molecule has 5 nitrogen and oxygen atoms in total. The summed E-state index contributed by atoms with van der Waals surface area (Å²) in [5, 5.41) is 7.57. The second-order valence-corrected chi connectivity index (χ2v) is 7.33. The van der Waals surface area contributed by atoms with Gasteiger partial charge in [0.15, 0.2) is 0 Å². The summed E-state index contributed by atoms with van der Waals surface area (Å²) in [5.41, 5.74) is 6.81. The average Bonchev–Trinajstić information content (AvgIpc) is 3.11. The predicted molar refractivity (Wildman–Crippen MR) is 119 cm³/mol. The van der Waals surface area contributed by atoms with Gasteiger partial charge in [-0.05, 0) is 61.2 Å². The van der Waals surface area contributed by atoms with Gasteiger partial charge in [0, 0.05) is 41.7 Å². The van der Waals surface area contributed by atoms with E-state index in [1.54, 1.807) is 12.4 Å². The lowest BCUT2D eigenvalue weighted by Crippen LogP contribution is -2.13. The first-order valence-corrected chi connectivity index (χ1v) is 9.72. The number of rotatable bonds is 6. The van der Waals surface area contributed by atoms with Crippen LogP contribution in [0.2, 0.25) is 0 Å². The molecule has 0 fully saturated rings. The van der Waals surface area contributed by atoms with Crippen LogP contribution in [0.3, 0.4) is 0 Å². The van der Waals surface area contributed by atoms with Gasteiger partial charge in [-0.2, -0.15) is 0 Å². The van der Waals surface area contributed by atoms with Gasteiger partial charge in [0.05, 0.1) is 11.3 Å². The Labute approximate surface area is 170 Å². The topological polar surface area (TPSA) is 69.8 Å². The van der Waals surface area contributed by atoms with Crippen molar-refractivity contribution >= 4 is 28.2 Å². The fourth-order valence-corrected chi connectivity index (χ4v) is 3.59. The van der Waals surface area contributed by atoms with Crippen molar-refractivity contribution in [2.45, 2.75) is 20.3 Å². The Hall–Kier alpha value is -3.60. The van der Waals surface area contributed by atoms with E-state index in [0.29, 0.717) is 5.56 Å². The highest BCUT2D eigenvalue weighted by Crippen LogP contribution is 2.19. The molecular formula is C24H24N4O. The molecule has 0 atom stereocenters. The molecule has 0 radical (unpaired) electrons. The average molecular weight is 384 g/mol. The van der Waals surface area contributed by atoms with E-state index < -0.39 is 0 Å². The maximum atomic E-state index is 12.6. The number of aromatic amines is 1. The summed E-state index contributed by atoms with van der Waals surface area (Å²) in [6.07, 6.45) is 6.26. The van der Waals surface area contributed by atoms with Crippen molar-refractivity contribution in [1.29, 1.82) is 0 Å². The minimum absolute atomic E-state index is 0.164. The summed E-state index contributed by atoms with van der Waals surface area (Å²) in [6, 6.07) is 16.1. The van der Waals surface area contributed by atoms with Crippen molar-refractivity contribution in [1.82, 2.24) is 9.97 Å². The van der Waals surface area contributed by atoms with E-state index >= 15 is 0 Å². The molecule has 1 amide bonds. The summed E-state index contributed by atoms with van der Waals surface area (Å²) in [7, 11) is 0. The highest BCUT2D eigenvalue weighted by Gasteiger charge is 2.09. The van der Waals surface area contributed by atoms with Gasteiger partial charge in [0.1, 0.15) is 0 Å². The van der Waals surface area contributed by atoms with Crippen LogP contribution in [0.5, 0.6) is 0 Å². The molecule has 4 rings (SSSR count). The number of amides is 1. The number of para-hydroxylation sites is 1. The van der Waals surface area contributed by atoms with Crippen LogP contribution < -0.4 is 10.6 Å². The standard InChI is InChI=1S/C24H24N4O/c1-16-9-17(2)11-20(10-16)28-24(29)19-12-21(15-25-13-19)26-8-7-18-14-27-23-6-4-3-5-22(18)23/h3-6,9-15,26-27H,7-8H2,1-2H3,(H,28,29). The van der Waals surface area contributed by atoms with Gasteiger partial charge in [-0.1, -0.05) is 24.3 Å². The van der Waals surface area contributed by atoms with Gasteiger partial charge in [-0.25, -0.2) is 0 Å². The molecule has 0 saturated heterocycles. The maximum absolute atomic E-state index is 12.6. The first-order valence-electron chi connectivity index (χ1n) is 9.72. The zero-order valence-electron chi connectivity index (χ0n) is 16.6. The van der Waals surface area contributed by atoms with Crippen LogP contribution in [0.15, 0.2) is 67.1 Å². The monoisotopic (exact) mass is 384 g/mol. The van der Waals surface area contributed by atoms with Crippen molar-refractivity contribution < 1.29 is 4.79 Å². The molecule has 146 valence electrons. The van der Waals surface area contributed by atoms with Gasteiger partial charge in [-0.15, -0.1) is 0 Å². The summed E-state index contributed by atoms with van der Waals surface area (Å²) < 4.78 is 0. The van der Waals surface area contributed by atoms with Crippen molar-refractivity contribution in [2.24, 2.45) is 0 Å². The number of hydrogen-bond acceptors (Lipinski definition) is 3. The van der Waals surface area contributed by atoms with Crippen LogP contribution in [0.4, 0.5) is 11.4 Å². The molecule has 0 aliphatic carbocycles. The molecule has 29 heavy (non-hydrogen) atoms. The van der Waals surface area contributed by atoms with Gasteiger partial charge in [0.25, 0.3) is 5.91 Å². The number of carbonyl (C=O) groups excluding carboxylic acids is 1. The second kappa shape index (κ2) is 8.19. The van der Waals surface area contributed by atoms with Gasteiger partial charge in [0.2, 0.25) is 0 Å². The van der Waals surface area contributed by atoms with Crippen LogP contribution in [-0.4, -0.2) is 22.4 Å². The van der Waals surface area contributed by atoms with Crippen LogP contribution in [-0.2, 0) is 6.42 Å². The van der Waals surface area contributed by atoms with Gasteiger partial charge < -0.3 is 15.6 Å². The number of anilines is 2. The lowest BCUT2D eigenvalue weighted by Gasteiger charge is -2.10. The number of aromatic nitrogens is 2. The Kier molecular flexibility index (Phi) is 5.29. The van der Waals surface area contributed by atoms with Crippen molar-refractivity contribution in [3.8, 4) is 0 Å². The zero-order valence-corrected chi connectivity index (χ0v) is 16.6. The summed E-state index contributed by atoms with van der Waals surface area (Å²) in [5.74, 6) is -0.164. The number of aryl methyl sites for hydroxylation is 2. The molecule has 5 heteroatoms. The molecule has 2 aromatic carbocycles. The molecule has 0 bridgehead atoms. The fourth-order valence-electron chi connectivity index (χ4n) is 3.59. The zero-order chi connectivity index (χ0) is 20.2.